The average Bonchev–Trinajstić information content (AvgIpc) is 3.98. The zero-order valence-electron chi connectivity index (χ0n) is 36.0. The van der Waals surface area contributed by atoms with Crippen LogP contribution in [0.1, 0.15) is 148 Å². The quantitative estimate of drug-likeness (QED) is 0.0624. The second-order valence-electron chi connectivity index (χ2n) is 18.1. The standard InChI is InChI=1S/C51H75N6/c1-52-28-16-25-49(52)46-22-13-34-55(40-46)31-10-4-7-19-43-37-44(20-8-5-11-32-56-35-14-23-47(41-56)50-26-17-29-53(50)2)39-45(38-43)21-9-6-12-33-57-36-15-24-48(42-57)51-27-18-30-54(51)3/h13-15,22-24,34-42,49-51H,4-12,16-21,25-33H2,1-3H3/q+3/t49-,50-,51?/m0/s1. The topological polar surface area (TPSA) is 21.4 Å². The van der Waals surface area contributed by atoms with E-state index in [1.165, 1.54) is 152 Å². The maximum atomic E-state index is 2.56. The Hall–Kier alpha value is -3.45. The van der Waals surface area contributed by atoms with E-state index in [1.54, 1.807) is 16.7 Å². The van der Waals surface area contributed by atoms with E-state index in [-0.39, 0.29) is 0 Å². The highest BCUT2D eigenvalue weighted by molar-refractivity contribution is 5.31. The Bertz CT molecular complexity index is 1600. The van der Waals surface area contributed by atoms with Crippen molar-refractivity contribution in [2.24, 2.45) is 0 Å². The summed E-state index contributed by atoms with van der Waals surface area (Å²) in [6.07, 6.45) is 36.9. The number of pyridine rings is 3. The molecular weight excluding hydrogens is 697 g/mol. The molecule has 0 aliphatic carbocycles. The number of hydrogen-bond donors (Lipinski definition) is 0. The molecule has 7 rings (SSSR count). The van der Waals surface area contributed by atoms with Crippen molar-refractivity contribution in [2.45, 2.75) is 153 Å². The SMILES string of the molecule is CN1CCCC1c1ccc[n+](CCCCCc2cc(CCCCC[n+]3cccc([C@@H]4CCCN4C)c3)cc(CCCCC[n+]3cccc([C@@H]4CCCN4C)c3)c2)c1. The van der Waals surface area contributed by atoms with Crippen LogP contribution >= 0.6 is 0 Å². The summed E-state index contributed by atoms with van der Waals surface area (Å²) in [5.41, 5.74) is 9.16. The van der Waals surface area contributed by atoms with Crippen molar-refractivity contribution >= 4 is 0 Å². The summed E-state index contributed by atoms with van der Waals surface area (Å²) in [4.78, 5) is 7.56. The van der Waals surface area contributed by atoms with Crippen LogP contribution in [-0.2, 0) is 38.9 Å². The third-order valence-corrected chi connectivity index (χ3v) is 13.6. The smallest absolute Gasteiger partial charge is 0.173 e. The first-order chi connectivity index (χ1) is 28.0. The Kier molecular flexibility index (Phi) is 15.7. The number of nitrogens with zero attached hydrogens (tertiary/aromatic N) is 6. The molecule has 306 valence electrons. The lowest BCUT2D eigenvalue weighted by molar-refractivity contribution is -0.698. The van der Waals surface area contributed by atoms with Crippen molar-refractivity contribution in [3.8, 4) is 0 Å². The summed E-state index contributed by atoms with van der Waals surface area (Å²) in [5, 5.41) is 0. The molecule has 6 heteroatoms. The minimum atomic E-state index is 0.596. The number of aryl methyl sites for hydroxylation is 6. The highest BCUT2D eigenvalue weighted by Gasteiger charge is 2.26. The lowest BCUT2D eigenvalue weighted by Gasteiger charge is -2.18. The van der Waals surface area contributed by atoms with Crippen LogP contribution in [0, 0.1) is 0 Å². The summed E-state index contributed by atoms with van der Waals surface area (Å²) in [6, 6.07) is 23.2. The van der Waals surface area contributed by atoms with Gasteiger partial charge in [0, 0.05) is 72.3 Å². The largest absolute Gasteiger partial charge is 0.299 e. The van der Waals surface area contributed by atoms with Crippen LogP contribution < -0.4 is 13.7 Å². The molecule has 57 heavy (non-hydrogen) atoms. The van der Waals surface area contributed by atoms with Crippen LogP contribution in [-0.4, -0.2) is 55.5 Å². The Morgan fingerprint density at radius 3 is 1.04 bits per heavy atom. The summed E-state index contributed by atoms with van der Waals surface area (Å²) in [5.74, 6) is 0. The van der Waals surface area contributed by atoms with Crippen LogP contribution in [0.2, 0.25) is 0 Å². The average molecular weight is 772 g/mol. The van der Waals surface area contributed by atoms with Gasteiger partial charge >= 0.3 is 0 Å². The van der Waals surface area contributed by atoms with E-state index < -0.39 is 0 Å². The van der Waals surface area contributed by atoms with Crippen LogP contribution in [0.15, 0.2) is 91.8 Å². The fraction of sp³-hybridized carbons (Fsp3) is 0.588. The van der Waals surface area contributed by atoms with Gasteiger partial charge in [-0.3, -0.25) is 14.7 Å². The van der Waals surface area contributed by atoms with Crippen molar-refractivity contribution in [2.75, 3.05) is 40.8 Å². The second-order valence-corrected chi connectivity index (χ2v) is 18.1. The summed E-state index contributed by atoms with van der Waals surface area (Å²) < 4.78 is 7.31. The number of benzene rings is 1. The first-order valence-corrected chi connectivity index (χ1v) is 23.2. The van der Waals surface area contributed by atoms with Gasteiger partial charge in [0.05, 0.1) is 0 Å². The second kappa shape index (κ2) is 21.5. The molecule has 1 aromatic carbocycles. The number of likely N-dealkylation sites (tertiary alicyclic amines) is 3. The molecule has 3 atom stereocenters. The van der Waals surface area contributed by atoms with Crippen LogP contribution in [0.4, 0.5) is 0 Å². The van der Waals surface area contributed by atoms with Gasteiger partial charge in [-0.15, -0.1) is 0 Å². The summed E-state index contributed by atoms with van der Waals surface area (Å²) >= 11 is 0. The van der Waals surface area contributed by atoms with Gasteiger partial charge in [0.2, 0.25) is 0 Å². The van der Waals surface area contributed by atoms with Gasteiger partial charge in [0.1, 0.15) is 19.6 Å². The molecule has 1 unspecified atom stereocenters. The van der Waals surface area contributed by atoms with Crippen LogP contribution in [0.25, 0.3) is 0 Å². The predicted molar refractivity (Wildman–Crippen MR) is 233 cm³/mol. The molecule has 6 heterocycles. The van der Waals surface area contributed by atoms with E-state index in [0.717, 1.165) is 19.6 Å². The Morgan fingerprint density at radius 2 is 0.754 bits per heavy atom. The molecule has 4 aromatic rings. The van der Waals surface area contributed by atoms with E-state index in [4.69, 9.17) is 0 Å². The normalized spacial score (nSPS) is 20.6. The maximum Gasteiger partial charge on any atom is 0.173 e. The van der Waals surface area contributed by atoms with Gasteiger partial charge in [0.25, 0.3) is 0 Å². The molecule has 3 fully saturated rings. The highest BCUT2D eigenvalue weighted by Crippen LogP contribution is 2.31. The summed E-state index contributed by atoms with van der Waals surface area (Å²) in [6.45, 7) is 7.04. The minimum Gasteiger partial charge on any atom is -0.299 e. The van der Waals surface area contributed by atoms with Gasteiger partial charge in [-0.2, -0.15) is 0 Å². The first kappa shape index (κ1) is 41.7. The van der Waals surface area contributed by atoms with Crippen molar-refractivity contribution in [3.63, 3.8) is 0 Å². The van der Waals surface area contributed by atoms with Gasteiger partial charge in [-0.1, -0.05) is 18.2 Å². The molecule has 0 spiro atoms. The van der Waals surface area contributed by atoms with E-state index in [1.807, 2.05) is 0 Å². The van der Waals surface area contributed by atoms with Crippen LogP contribution in [0.5, 0.6) is 0 Å². The van der Waals surface area contributed by atoms with E-state index >= 15 is 0 Å². The van der Waals surface area contributed by atoms with Gasteiger partial charge in [-0.05, 0) is 172 Å². The highest BCUT2D eigenvalue weighted by atomic mass is 15.2. The number of aromatic nitrogens is 3. The number of rotatable bonds is 21. The van der Waals surface area contributed by atoms with Crippen molar-refractivity contribution in [1.29, 1.82) is 0 Å². The molecule has 3 aliphatic rings. The molecule has 0 N–H and O–H groups in total. The first-order valence-electron chi connectivity index (χ1n) is 23.2. The Labute approximate surface area is 346 Å². The zero-order valence-corrected chi connectivity index (χ0v) is 36.0. The van der Waals surface area contributed by atoms with E-state index in [0.29, 0.717) is 18.1 Å². The zero-order chi connectivity index (χ0) is 39.2. The van der Waals surface area contributed by atoms with Crippen molar-refractivity contribution < 1.29 is 13.7 Å². The molecule has 3 saturated heterocycles. The third-order valence-electron chi connectivity index (χ3n) is 13.6. The summed E-state index contributed by atoms with van der Waals surface area (Å²) in [7, 11) is 6.84. The molecule has 0 saturated carbocycles. The Morgan fingerprint density at radius 1 is 0.439 bits per heavy atom. The maximum absolute atomic E-state index is 2.56. The van der Waals surface area contributed by atoms with Crippen molar-refractivity contribution in [1.82, 2.24) is 14.7 Å². The number of hydrogen-bond acceptors (Lipinski definition) is 3. The monoisotopic (exact) mass is 772 g/mol. The molecule has 3 aromatic heterocycles. The lowest BCUT2D eigenvalue weighted by atomic mass is 9.95. The number of unbranched alkanes of at least 4 members (excludes halogenated alkanes) is 6. The molecule has 6 nitrogen and oxygen atoms in total. The van der Waals surface area contributed by atoms with E-state index in [9.17, 15) is 0 Å². The fourth-order valence-corrected chi connectivity index (χ4v) is 10.3. The molecular formula is C51H75N6+3. The minimum absolute atomic E-state index is 0.596. The van der Waals surface area contributed by atoms with Gasteiger partial charge in [0.15, 0.2) is 37.2 Å². The van der Waals surface area contributed by atoms with Gasteiger partial charge < -0.3 is 0 Å². The third kappa shape index (κ3) is 12.3. The fourth-order valence-electron chi connectivity index (χ4n) is 10.3. The predicted octanol–water partition coefficient (Wildman–Crippen LogP) is 9.09. The van der Waals surface area contributed by atoms with Gasteiger partial charge in [-0.25, -0.2) is 13.7 Å². The van der Waals surface area contributed by atoms with E-state index in [2.05, 4.69) is 141 Å². The van der Waals surface area contributed by atoms with Crippen molar-refractivity contribution in [3.05, 3.63) is 125 Å². The molecule has 3 aliphatic heterocycles. The molecule has 0 amide bonds. The lowest BCUT2D eigenvalue weighted by Crippen LogP contribution is -2.34. The Balaban J connectivity index is 0.886. The molecule has 0 bridgehead atoms. The van der Waals surface area contributed by atoms with Crippen LogP contribution in [0.3, 0.4) is 0 Å². The molecule has 0 radical (unpaired) electrons.